The van der Waals surface area contributed by atoms with E-state index in [4.69, 9.17) is 9.84 Å². The molecule has 0 atom stereocenters. The zero-order chi connectivity index (χ0) is 16.8. The number of aliphatic hydroxyl groups excluding tert-OH is 1. The molecule has 23 heavy (non-hydrogen) atoms. The molecule has 0 aliphatic carbocycles. The van der Waals surface area contributed by atoms with Crippen molar-refractivity contribution in [1.29, 1.82) is 0 Å². The van der Waals surface area contributed by atoms with Gasteiger partial charge in [-0.15, -0.1) is 0 Å². The van der Waals surface area contributed by atoms with Gasteiger partial charge < -0.3 is 9.84 Å². The maximum Gasteiger partial charge on any atom is 0.302 e. The van der Waals surface area contributed by atoms with Crippen molar-refractivity contribution in [3.63, 3.8) is 0 Å². The SMILES string of the molecule is CC(=O)OCC=Cc1ccccc1.OCC=Cc1ccccc1. The Morgan fingerprint density at radius 3 is 1.83 bits per heavy atom. The lowest BCUT2D eigenvalue weighted by atomic mass is 10.2. The van der Waals surface area contributed by atoms with Crippen LogP contribution >= 0.6 is 0 Å². The Hall–Kier alpha value is -2.65. The van der Waals surface area contributed by atoms with Crippen LogP contribution in [-0.2, 0) is 9.53 Å². The van der Waals surface area contributed by atoms with Crippen molar-refractivity contribution in [3.8, 4) is 0 Å². The maximum absolute atomic E-state index is 10.4. The molecule has 0 spiro atoms. The smallest absolute Gasteiger partial charge is 0.302 e. The number of hydrogen-bond donors (Lipinski definition) is 1. The number of carbonyl (C=O) groups is 1. The molecular formula is C20H22O3. The van der Waals surface area contributed by atoms with Crippen molar-refractivity contribution in [2.45, 2.75) is 6.92 Å². The van der Waals surface area contributed by atoms with E-state index < -0.39 is 0 Å². The Morgan fingerprint density at radius 2 is 1.39 bits per heavy atom. The molecular weight excluding hydrogens is 288 g/mol. The summed E-state index contributed by atoms with van der Waals surface area (Å²) >= 11 is 0. The quantitative estimate of drug-likeness (QED) is 0.850. The first-order valence-corrected chi connectivity index (χ1v) is 7.40. The summed E-state index contributed by atoms with van der Waals surface area (Å²) in [5.74, 6) is -0.252. The Balaban J connectivity index is 0.000000238. The standard InChI is InChI=1S/C11H12O2.C9H10O/c1-10(12)13-9-5-8-11-6-3-2-4-7-11;10-8-4-7-9-5-2-1-3-6-9/h2-8H,9H2,1H3;1-7,10H,8H2. The van der Waals surface area contributed by atoms with E-state index in [0.717, 1.165) is 11.1 Å². The highest BCUT2D eigenvalue weighted by molar-refractivity contribution is 5.66. The monoisotopic (exact) mass is 310 g/mol. The van der Waals surface area contributed by atoms with Gasteiger partial charge >= 0.3 is 5.97 Å². The molecule has 2 aromatic carbocycles. The normalized spacial score (nSPS) is 10.3. The Labute approximate surface area is 137 Å². The van der Waals surface area contributed by atoms with Gasteiger partial charge in [0.25, 0.3) is 0 Å². The summed E-state index contributed by atoms with van der Waals surface area (Å²) in [4.78, 5) is 10.4. The summed E-state index contributed by atoms with van der Waals surface area (Å²) in [6.45, 7) is 1.84. The minimum atomic E-state index is -0.252. The first kappa shape index (κ1) is 18.4. The van der Waals surface area contributed by atoms with E-state index in [1.807, 2.05) is 78.9 Å². The number of carbonyl (C=O) groups excluding carboxylic acids is 1. The molecule has 0 aliphatic heterocycles. The van der Waals surface area contributed by atoms with Gasteiger partial charge in [-0.2, -0.15) is 0 Å². The van der Waals surface area contributed by atoms with Crippen LogP contribution in [0.4, 0.5) is 0 Å². The Kier molecular flexibility index (Phi) is 9.56. The molecule has 1 N–H and O–H groups in total. The fraction of sp³-hybridized carbons (Fsp3) is 0.150. The van der Waals surface area contributed by atoms with Crippen molar-refractivity contribution in [2.24, 2.45) is 0 Å². The van der Waals surface area contributed by atoms with Crippen LogP contribution in [0.2, 0.25) is 0 Å². The minimum Gasteiger partial charge on any atom is -0.462 e. The topological polar surface area (TPSA) is 46.5 Å². The molecule has 0 saturated carbocycles. The maximum atomic E-state index is 10.4. The number of benzene rings is 2. The van der Waals surface area contributed by atoms with Crippen LogP contribution in [0.15, 0.2) is 72.8 Å². The van der Waals surface area contributed by atoms with Gasteiger partial charge in [0, 0.05) is 6.92 Å². The highest BCUT2D eigenvalue weighted by atomic mass is 16.5. The van der Waals surface area contributed by atoms with Gasteiger partial charge in [-0.05, 0) is 17.2 Å². The van der Waals surface area contributed by atoms with E-state index in [-0.39, 0.29) is 12.6 Å². The largest absolute Gasteiger partial charge is 0.462 e. The summed E-state index contributed by atoms with van der Waals surface area (Å²) < 4.78 is 4.74. The minimum absolute atomic E-state index is 0.106. The average Bonchev–Trinajstić information content (AvgIpc) is 2.59. The second-order valence-corrected chi connectivity index (χ2v) is 4.61. The highest BCUT2D eigenvalue weighted by Gasteiger charge is 1.87. The third-order valence-electron chi connectivity index (χ3n) is 2.71. The predicted molar refractivity (Wildman–Crippen MR) is 94.7 cm³/mol. The lowest BCUT2D eigenvalue weighted by molar-refractivity contribution is -0.139. The number of rotatable bonds is 5. The van der Waals surface area contributed by atoms with Gasteiger partial charge in [0.05, 0.1) is 6.61 Å². The molecule has 0 aliphatic rings. The summed E-state index contributed by atoms with van der Waals surface area (Å²) in [5.41, 5.74) is 2.23. The molecule has 0 unspecified atom stereocenters. The van der Waals surface area contributed by atoms with Gasteiger partial charge in [-0.25, -0.2) is 0 Å². The fourth-order valence-corrected chi connectivity index (χ4v) is 1.67. The molecule has 0 heterocycles. The third-order valence-corrected chi connectivity index (χ3v) is 2.71. The highest BCUT2D eigenvalue weighted by Crippen LogP contribution is 2.00. The van der Waals surface area contributed by atoms with Crippen molar-refractivity contribution < 1.29 is 14.6 Å². The molecule has 0 fully saturated rings. The van der Waals surface area contributed by atoms with Crippen LogP contribution in [0, 0.1) is 0 Å². The number of ether oxygens (including phenoxy) is 1. The van der Waals surface area contributed by atoms with E-state index in [1.54, 1.807) is 6.08 Å². The Morgan fingerprint density at radius 1 is 0.913 bits per heavy atom. The van der Waals surface area contributed by atoms with Crippen molar-refractivity contribution in [1.82, 2.24) is 0 Å². The predicted octanol–water partition coefficient (Wildman–Crippen LogP) is 3.96. The van der Waals surface area contributed by atoms with Crippen LogP contribution in [0.5, 0.6) is 0 Å². The zero-order valence-electron chi connectivity index (χ0n) is 13.3. The second-order valence-electron chi connectivity index (χ2n) is 4.61. The fourth-order valence-electron chi connectivity index (χ4n) is 1.67. The van der Waals surface area contributed by atoms with E-state index in [1.165, 1.54) is 6.92 Å². The second kappa shape index (κ2) is 12.0. The molecule has 3 heteroatoms. The van der Waals surface area contributed by atoms with Gasteiger partial charge in [0.15, 0.2) is 0 Å². The van der Waals surface area contributed by atoms with E-state index >= 15 is 0 Å². The summed E-state index contributed by atoms with van der Waals surface area (Å²) in [7, 11) is 0. The molecule has 0 radical (unpaired) electrons. The molecule has 3 nitrogen and oxygen atoms in total. The van der Waals surface area contributed by atoms with Crippen LogP contribution in [0.3, 0.4) is 0 Å². The molecule has 0 saturated heterocycles. The lowest BCUT2D eigenvalue weighted by Crippen LogP contribution is -1.97. The van der Waals surface area contributed by atoms with Crippen LogP contribution in [0.1, 0.15) is 18.1 Å². The summed E-state index contributed by atoms with van der Waals surface area (Å²) in [6.07, 6.45) is 7.34. The van der Waals surface area contributed by atoms with Crippen LogP contribution in [-0.4, -0.2) is 24.3 Å². The van der Waals surface area contributed by atoms with Crippen LogP contribution < -0.4 is 0 Å². The van der Waals surface area contributed by atoms with Gasteiger partial charge in [0.1, 0.15) is 6.61 Å². The van der Waals surface area contributed by atoms with Crippen molar-refractivity contribution in [3.05, 3.63) is 83.9 Å². The molecule has 2 rings (SSSR count). The summed E-state index contributed by atoms with van der Waals surface area (Å²) in [6, 6.07) is 19.8. The lowest BCUT2D eigenvalue weighted by Gasteiger charge is -1.94. The van der Waals surface area contributed by atoms with Crippen molar-refractivity contribution in [2.75, 3.05) is 13.2 Å². The number of esters is 1. The van der Waals surface area contributed by atoms with Crippen LogP contribution in [0.25, 0.3) is 12.2 Å². The number of aliphatic hydroxyl groups is 1. The van der Waals surface area contributed by atoms with E-state index in [0.29, 0.717) is 6.61 Å². The average molecular weight is 310 g/mol. The van der Waals surface area contributed by atoms with Gasteiger partial charge in [-0.3, -0.25) is 4.79 Å². The third kappa shape index (κ3) is 9.82. The van der Waals surface area contributed by atoms with Crippen molar-refractivity contribution >= 4 is 18.1 Å². The molecule has 2 aromatic rings. The molecule has 120 valence electrons. The molecule has 0 amide bonds. The summed E-state index contributed by atoms with van der Waals surface area (Å²) in [5, 5.41) is 8.44. The zero-order valence-corrected chi connectivity index (χ0v) is 13.3. The molecule has 0 aromatic heterocycles. The molecule has 0 bridgehead atoms. The van der Waals surface area contributed by atoms with E-state index in [9.17, 15) is 4.79 Å². The van der Waals surface area contributed by atoms with Gasteiger partial charge in [0.2, 0.25) is 0 Å². The van der Waals surface area contributed by atoms with E-state index in [2.05, 4.69) is 0 Å². The first-order valence-electron chi connectivity index (χ1n) is 7.40. The Bertz CT molecular complexity index is 601. The number of hydrogen-bond acceptors (Lipinski definition) is 3. The first-order chi connectivity index (χ1) is 11.2. The van der Waals surface area contributed by atoms with Gasteiger partial charge in [-0.1, -0.05) is 78.9 Å².